The molecule has 106 valence electrons. The first-order chi connectivity index (χ1) is 8.24. The standard InChI is InChI=1S/C10H17Cl2O5P/c1-3-5-7-16-9-10(8-15-6-4-2)17-18(11,12,13)14/h1,4,10,13-14H,2,5-9H2. The SMILES string of the molecule is C#CCCOCC(COCC=C)OP(O)(O)(Cl)Cl. The van der Waals surface area contributed by atoms with E-state index in [1.165, 1.54) is 6.08 Å². The van der Waals surface area contributed by atoms with Crippen molar-refractivity contribution in [1.29, 1.82) is 0 Å². The summed E-state index contributed by atoms with van der Waals surface area (Å²) in [6.45, 7) is 4.12. The van der Waals surface area contributed by atoms with Crippen molar-refractivity contribution in [2.75, 3.05) is 26.4 Å². The molecule has 0 radical (unpaired) electrons. The van der Waals surface area contributed by atoms with Crippen molar-refractivity contribution in [2.24, 2.45) is 0 Å². The van der Waals surface area contributed by atoms with Crippen LogP contribution >= 0.6 is 28.5 Å². The molecule has 0 aromatic rings. The summed E-state index contributed by atoms with van der Waals surface area (Å²) in [5.41, 5.74) is 0. The number of halogens is 2. The van der Waals surface area contributed by atoms with Crippen LogP contribution < -0.4 is 0 Å². The average molecular weight is 319 g/mol. The normalized spacial score (nSPS) is 15.4. The Kier molecular flexibility index (Phi) is 8.37. The van der Waals surface area contributed by atoms with Gasteiger partial charge in [0.15, 0.2) is 0 Å². The van der Waals surface area contributed by atoms with Gasteiger partial charge in [0.2, 0.25) is 0 Å². The predicted molar refractivity (Wildman–Crippen MR) is 73.2 cm³/mol. The fraction of sp³-hybridized carbons (Fsp3) is 0.600. The molecule has 0 aliphatic heterocycles. The van der Waals surface area contributed by atoms with Crippen molar-refractivity contribution in [3.05, 3.63) is 12.7 Å². The molecule has 0 aliphatic carbocycles. The van der Waals surface area contributed by atoms with Gasteiger partial charge < -0.3 is 0 Å². The Hall–Kier alpha value is 0.110. The third kappa shape index (κ3) is 12.6. The van der Waals surface area contributed by atoms with Crippen LogP contribution in [0.4, 0.5) is 0 Å². The summed E-state index contributed by atoms with van der Waals surface area (Å²) in [6, 6.07) is 0. The van der Waals surface area contributed by atoms with Gasteiger partial charge in [0.05, 0.1) is 0 Å². The van der Waals surface area contributed by atoms with E-state index in [2.05, 4.69) is 12.5 Å². The van der Waals surface area contributed by atoms with Crippen molar-refractivity contribution >= 4 is 28.5 Å². The van der Waals surface area contributed by atoms with Crippen LogP contribution in [0.2, 0.25) is 0 Å². The monoisotopic (exact) mass is 318 g/mol. The van der Waals surface area contributed by atoms with Crippen LogP contribution in [0.25, 0.3) is 0 Å². The zero-order chi connectivity index (χ0) is 14.1. The summed E-state index contributed by atoms with van der Waals surface area (Å²) in [6.07, 6.45) is 6.21. The summed E-state index contributed by atoms with van der Waals surface area (Å²) < 4.78 is 15.1. The first kappa shape index (κ1) is 18.1. The second-order valence-electron chi connectivity index (χ2n) is 3.34. The van der Waals surface area contributed by atoms with Crippen LogP contribution in [0.15, 0.2) is 12.7 Å². The molecule has 0 spiro atoms. The van der Waals surface area contributed by atoms with Gasteiger partial charge in [-0.2, -0.15) is 0 Å². The molecule has 0 aromatic carbocycles. The van der Waals surface area contributed by atoms with Crippen LogP contribution in [0.1, 0.15) is 6.42 Å². The first-order valence-electron chi connectivity index (χ1n) is 5.09. The van der Waals surface area contributed by atoms with Gasteiger partial charge in [0.1, 0.15) is 0 Å². The van der Waals surface area contributed by atoms with Crippen LogP contribution in [-0.2, 0) is 14.0 Å². The quantitative estimate of drug-likeness (QED) is 0.280. The zero-order valence-corrected chi connectivity index (χ0v) is 12.2. The Bertz CT molecular complexity index is 288. The summed E-state index contributed by atoms with van der Waals surface area (Å²) in [7, 11) is 0. The van der Waals surface area contributed by atoms with Gasteiger partial charge in [0, 0.05) is 0 Å². The number of rotatable bonds is 10. The molecular formula is C10H17Cl2O5P. The van der Waals surface area contributed by atoms with E-state index >= 15 is 0 Å². The molecular weight excluding hydrogens is 302 g/mol. The Morgan fingerprint density at radius 2 is 1.94 bits per heavy atom. The Balaban J connectivity index is 4.17. The van der Waals surface area contributed by atoms with E-state index < -0.39 is 12.1 Å². The number of hydrogen-bond donors (Lipinski definition) is 2. The molecule has 1 unspecified atom stereocenters. The third-order valence-corrected chi connectivity index (χ3v) is 2.68. The van der Waals surface area contributed by atoms with E-state index in [1.54, 1.807) is 0 Å². The maximum atomic E-state index is 9.24. The van der Waals surface area contributed by atoms with Crippen molar-refractivity contribution in [2.45, 2.75) is 12.5 Å². The minimum atomic E-state index is -5.09. The molecule has 0 aliphatic rings. The van der Waals surface area contributed by atoms with E-state index in [0.29, 0.717) is 13.0 Å². The van der Waals surface area contributed by atoms with Gasteiger partial charge in [-0.05, 0) is 0 Å². The molecule has 5 nitrogen and oxygen atoms in total. The minimum absolute atomic E-state index is 0.0251. The Labute approximate surface area is 116 Å². The molecule has 0 saturated heterocycles. The van der Waals surface area contributed by atoms with Gasteiger partial charge >= 0.3 is 116 Å². The summed E-state index contributed by atoms with van der Waals surface area (Å²) >= 11 is 10.5. The van der Waals surface area contributed by atoms with Gasteiger partial charge in [-0.15, -0.1) is 0 Å². The number of terminal acetylenes is 1. The molecule has 0 fully saturated rings. The first-order valence-corrected chi connectivity index (χ1v) is 8.96. The fourth-order valence-corrected chi connectivity index (χ4v) is 2.27. The van der Waals surface area contributed by atoms with E-state index in [1.807, 2.05) is 0 Å². The van der Waals surface area contributed by atoms with Crippen molar-refractivity contribution < 1.29 is 23.8 Å². The predicted octanol–water partition coefficient (Wildman–Crippen LogP) is 2.20. The number of hydrogen-bond acceptors (Lipinski definition) is 5. The molecule has 18 heavy (non-hydrogen) atoms. The van der Waals surface area contributed by atoms with Crippen molar-refractivity contribution in [1.82, 2.24) is 0 Å². The van der Waals surface area contributed by atoms with Crippen LogP contribution in [0.5, 0.6) is 0 Å². The topological polar surface area (TPSA) is 68.2 Å². The molecule has 0 aromatic heterocycles. The molecule has 8 heteroatoms. The molecule has 0 amide bonds. The second kappa shape index (κ2) is 8.31. The molecule has 0 rings (SSSR count). The Morgan fingerprint density at radius 3 is 2.44 bits per heavy atom. The van der Waals surface area contributed by atoms with E-state index in [-0.39, 0.29) is 19.8 Å². The van der Waals surface area contributed by atoms with Gasteiger partial charge in [-0.25, -0.2) is 0 Å². The van der Waals surface area contributed by atoms with E-state index in [0.717, 1.165) is 0 Å². The third-order valence-electron chi connectivity index (χ3n) is 1.56. The zero-order valence-electron chi connectivity index (χ0n) is 9.80. The van der Waals surface area contributed by atoms with Crippen LogP contribution in [-0.4, -0.2) is 42.3 Å². The van der Waals surface area contributed by atoms with Gasteiger partial charge in [-0.1, -0.05) is 0 Å². The van der Waals surface area contributed by atoms with Crippen molar-refractivity contribution in [3.8, 4) is 12.3 Å². The Morgan fingerprint density at radius 1 is 1.33 bits per heavy atom. The van der Waals surface area contributed by atoms with Gasteiger partial charge in [0.25, 0.3) is 0 Å². The fourth-order valence-electron chi connectivity index (χ4n) is 0.984. The van der Waals surface area contributed by atoms with E-state index in [9.17, 15) is 9.79 Å². The molecule has 0 saturated carbocycles. The van der Waals surface area contributed by atoms with Crippen molar-refractivity contribution in [3.63, 3.8) is 0 Å². The molecule has 0 heterocycles. The van der Waals surface area contributed by atoms with Gasteiger partial charge in [-0.3, -0.25) is 0 Å². The second-order valence-corrected chi connectivity index (χ2v) is 9.24. The number of ether oxygens (including phenoxy) is 2. The summed E-state index contributed by atoms with van der Waals surface area (Å²) in [4.78, 5) is 18.5. The molecule has 2 N–H and O–H groups in total. The summed E-state index contributed by atoms with van der Waals surface area (Å²) in [5.74, 6) is -2.70. The molecule has 1 atom stereocenters. The summed E-state index contributed by atoms with van der Waals surface area (Å²) in [5, 5.41) is 0. The van der Waals surface area contributed by atoms with Crippen LogP contribution in [0, 0.1) is 12.3 Å². The molecule has 0 bridgehead atoms. The van der Waals surface area contributed by atoms with Crippen LogP contribution in [0.3, 0.4) is 0 Å². The van der Waals surface area contributed by atoms with E-state index in [4.69, 9.17) is 42.9 Å². The average Bonchev–Trinajstić information content (AvgIpc) is 2.21. The maximum absolute atomic E-state index is 9.24.